The van der Waals surface area contributed by atoms with Gasteiger partial charge in [0, 0.05) is 6.42 Å². The Hall–Kier alpha value is -1.24. The van der Waals surface area contributed by atoms with Gasteiger partial charge in [-0.1, -0.05) is 6.92 Å². The van der Waals surface area contributed by atoms with Gasteiger partial charge in [0.2, 0.25) is 5.91 Å². The first-order valence-corrected chi connectivity index (χ1v) is 7.38. The Kier molecular flexibility index (Phi) is 3.03. The number of sulfone groups is 1. The first kappa shape index (κ1) is 12.2. The molecule has 0 N–H and O–H groups in total. The quantitative estimate of drug-likeness (QED) is 0.698. The molecule has 7 heteroatoms. The highest BCUT2D eigenvalue weighted by molar-refractivity contribution is 7.91. The molecule has 0 aromatic rings. The molecule has 94 valence electrons. The van der Waals surface area contributed by atoms with Gasteiger partial charge in [0.1, 0.15) is 5.71 Å². The molecule has 1 saturated heterocycles. The highest BCUT2D eigenvalue weighted by atomic mass is 32.2. The third-order valence-corrected chi connectivity index (χ3v) is 4.75. The molecule has 0 aliphatic carbocycles. The highest BCUT2D eigenvalue weighted by Gasteiger charge is 2.38. The van der Waals surface area contributed by atoms with Crippen molar-refractivity contribution in [2.45, 2.75) is 32.2 Å². The predicted molar refractivity (Wildman–Crippen MR) is 61.3 cm³/mol. The number of Topliss-reactive ketones (excluding diaryl/α,β-unsaturated/α-hetero) is 1. The van der Waals surface area contributed by atoms with E-state index in [-0.39, 0.29) is 35.3 Å². The minimum Gasteiger partial charge on any atom is -0.293 e. The number of rotatable bonds is 3. The van der Waals surface area contributed by atoms with Gasteiger partial charge in [-0.15, -0.1) is 0 Å². The Morgan fingerprint density at radius 1 is 1.53 bits per heavy atom. The smallest absolute Gasteiger partial charge is 0.249 e. The molecule has 6 nitrogen and oxygen atoms in total. The van der Waals surface area contributed by atoms with Crippen molar-refractivity contribution in [1.29, 1.82) is 0 Å². The number of hydrogen-bond donors (Lipinski definition) is 0. The zero-order valence-electron chi connectivity index (χ0n) is 9.55. The molecule has 1 unspecified atom stereocenters. The van der Waals surface area contributed by atoms with E-state index in [1.54, 1.807) is 6.92 Å². The molecule has 2 aliphatic rings. The van der Waals surface area contributed by atoms with Crippen LogP contribution in [0.15, 0.2) is 5.10 Å². The van der Waals surface area contributed by atoms with Gasteiger partial charge in [-0.05, 0) is 6.42 Å². The van der Waals surface area contributed by atoms with Crippen LogP contribution in [-0.4, -0.2) is 48.4 Å². The van der Waals surface area contributed by atoms with Gasteiger partial charge in [0.05, 0.1) is 24.0 Å². The molecule has 2 heterocycles. The van der Waals surface area contributed by atoms with Crippen LogP contribution in [0.2, 0.25) is 0 Å². The molecule has 2 rings (SSSR count). The van der Waals surface area contributed by atoms with Gasteiger partial charge in [-0.25, -0.2) is 13.4 Å². The number of hydrazone groups is 1. The van der Waals surface area contributed by atoms with E-state index in [1.165, 1.54) is 5.01 Å². The predicted octanol–water partition coefficient (Wildman–Crippen LogP) is -0.259. The van der Waals surface area contributed by atoms with E-state index in [0.29, 0.717) is 12.8 Å². The van der Waals surface area contributed by atoms with Gasteiger partial charge in [0.15, 0.2) is 15.6 Å². The second kappa shape index (κ2) is 4.21. The van der Waals surface area contributed by atoms with Gasteiger partial charge >= 0.3 is 0 Å². The maximum atomic E-state index is 11.7. The maximum absolute atomic E-state index is 11.7. The average Bonchev–Trinajstić information content (AvgIpc) is 2.80. The second-order valence-corrected chi connectivity index (χ2v) is 6.52. The van der Waals surface area contributed by atoms with Gasteiger partial charge in [-0.2, -0.15) is 5.10 Å². The van der Waals surface area contributed by atoms with E-state index in [0.717, 1.165) is 0 Å². The normalized spacial score (nSPS) is 27.4. The average molecular weight is 258 g/mol. The SMILES string of the molecule is CCC(=O)C1=NN(C2CCS(=O)(=O)C2)C(=O)C1. The lowest BCUT2D eigenvalue weighted by Crippen LogP contribution is -2.33. The minimum absolute atomic E-state index is 0.00320. The number of carbonyl (C=O) groups excluding carboxylic acids is 2. The lowest BCUT2D eigenvalue weighted by atomic mass is 10.1. The zero-order chi connectivity index (χ0) is 12.6. The van der Waals surface area contributed by atoms with E-state index < -0.39 is 15.9 Å². The van der Waals surface area contributed by atoms with Crippen molar-refractivity contribution in [3.8, 4) is 0 Å². The number of nitrogens with zero attached hydrogens (tertiary/aromatic N) is 2. The monoisotopic (exact) mass is 258 g/mol. The summed E-state index contributed by atoms with van der Waals surface area (Å²) in [5, 5.41) is 5.16. The van der Waals surface area contributed by atoms with Crippen LogP contribution >= 0.6 is 0 Å². The third-order valence-electron chi connectivity index (χ3n) is 3.00. The molecule has 0 radical (unpaired) electrons. The largest absolute Gasteiger partial charge is 0.293 e. The Balaban J connectivity index is 2.15. The summed E-state index contributed by atoms with van der Waals surface area (Å²) in [6.07, 6.45) is 0.720. The van der Waals surface area contributed by atoms with Crippen LogP contribution < -0.4 is 0 Å². The molecular formula is C10H14N2O4S. The van der Waals surface area contributed by atoms with Gasteiger partial charge in [-0.3, -0.25) is 9.59 Å². The van der Waals surface area contributed by atoms with Crippen LogP contribution in [-0.2, 0) is 19.4 Å². The molecule has 1 atom stereocenters. The summed E-state index contributed by atoms with van der Waals surface area (Å²) >= 11 is 0. The first-order valence-electron chi connectivity index (χ1n) is 5.56. The molecule has 0 bridgehead atoms. The fraction of sp³-hybridized carbons (Fsp3) is 0.700. The number of carbonyl (C=O) groups is 2. The standard InChI is InChI=1S/C10H14N2O4S/c1-2-9(13)8-5-10(14)12(11-8)7-3-4-17(15,16)6-7/h7H,2-6H2,1H3. The molecule has 17 heavy (non-hydrogen) atoms. The zero-order valence-corrected chi connectivity index (χ0v) is 10.4. The van der Waals surface area contributed by atoms with E-state index in [2.05, 4.69) is 5.10 Å². The Morgan fingerprint density at radius 3 is 2.76 bits per heavy atom. The van der Waals surface area contributed by atoms with E-state index >= 15 is 0 Å². The number of ketones is 1. The Labute approximate surface area is 99.6 Å². The lowest BCUT2D eigenvalue weighted by Gasteiger charge is -2.17. The molecule has 0 aromatic heterocycles. The minimum atomic E-state index is -3.05. The first-order chi connectivity index (χ1) is 7.93. The van der Waals surface area contributed by atoms with Crippen molar-refractivity contribution >= 4 is 27.2 Å². The summed E-state index contributed by atoms with van der Waals surface area (Å²) in [6.45, 7) is 1.71. The fourth-order valence-corrected chi connectivity index (χ4v) is 3.75. The summed E-state index contributed by atoms with van der Waals surface area (Å²) in [4.78, 5) is 23.1. The van der Waals surface area contributed by atoms with Crippen molar-refractivity contribution in [2.24, 2.45) is 5.10 Å². The van der Waals surface area contributed by atoms with Crippen LogP contribution in [0.5, 0.6) is 0 Å². The molecule has 1 amide bonds. The van der Waals surface area contributed by atoms with Crippen LogP contribution in [0.25, 0.3) is 0 Å². The topological polar surface area (TPSA) is 83.9 Å². The van der Waals surface area contributed by atoms with Gasteiger partial charge < -0.3 is 0 Å². The number of amides is 1. The second-order valence-electron chi connectivity index (χ2n) is 4.30. The van der Waals surface area contributed by atoms with Crippen molar-refractivity contribution in [3.63, 3.8) is 0 Å². The molecule has 2 aliphatic heterocycles. The molecule has 0 saturated carbocycles. The summed E-state index contributed by atoms with van der Waals surface area (Å²) in [7, 11) is -3.05. The van der Waals surface area contributed by atoms with E-state index in [9.17, 15) is 18.0 Å². The molecule has 0 spiro atoms. The summed E-state index contributed by atoms with van der Waals surface area (Å²) in [5.74, 6) is -0.380. The summed E-state index contributed by atoms with van der Waals surface area (Å²) in [5.41, 5.74) is 0.252. The highest BCUT2D eigenvalue weighted by Crippen LogP contribution is 2.22. The van der Waals surface area contributed by atoms with Gasteiger partial charge in [0.25, 0.3) is 0 Å². The number of hydrogen-bond acceptors (Lipinski definition) is 5. The van der Waals surface area contributed by atoms with Crippen molar-refractivity contribution < 1.29 is 18.0 Å². The van der Waals surface area contributed by atoms with E-state index in [1.807, 2.05) is 0 Å². The van der Waals surface area contributed by atoms with Crippen LogP contribution in [0.1, 0.15) is 26.2 Å². The molecular weight excluding hydrogens is 244 g/mol. The third kappa shape index (κ3) is 2.38. The molecule has 1 fully saturated rings. The summed E-state index contributed by atoms with van der Waals surface area (Å²) in [6, 6.07) is -0.394. The van der Waals surface area contributed by atoms with Crippen molar-refractivity contribution in [2.75, 3.05) is 11.5 Å². The van der Waals surface area contributed by atoms with Crippen LogP contribution in [0, 0.1) is 0 Å². The summed E-state index contributed by atoms with van der Waals surface area (Å²) < 4.78 is 22.6. The van der Waals surface area contributed by atoms with E-state index in [4.69, 9.17) is 0 Å². The Morgan fingerprint density at radius 2 is 2.24 bits per heavy atom. The maximum Gasteiger partial charge on any atom is 0.249 e. The fourth-order valence-electron chi connectivity index (χ4n) is 2.06. The molecule has 0 aromatic carbocycles. The van der Waals surface area contributed by atoms with Crippen LogP contribution in [0.3, 0.4) is 0 Å². The van der Waals surface area contributed by atoms with Crippen molar-refractivity contribution in [1.82, 2.24) is 5.01 Å². The van der Waals surface area contributed by atoms with Crippen LogP contribution in [0.4, 0.5) is 0 Å². The lowest BCUT2D eigenvalue weighted by molar-refractivity contribution is -0.130. The van der Waals surface area contributed by atoms with Crippen molar-refractivity contribution in [3.05, 3.63) is 0 Å². The Bertz CT molecular complexity index is 494.